The van der Waals surface area contributed by atoms with Gasteiger partial charge in [-0.3, -0.25) is 4.57 Å². The standard InChI is InChI=1S/C15H16BrN5O4S/c16-9-2-1-7(26-9)3-17-13-10-14(19-5-18-13)21(6-20-10)15-12(24)11(23)8(4-22)25-15/h1-2,5-6,8,11-12,15,22-24H,3-4H2,(H,17,18,19)/t8-,11?,12?,15-/m1/s1. The Morgan fingerprint density at radius 1 is 1.23 bits per heavy atom. The highest BCUT2D eigenvalue weighted by atomic mass is 79.9. The number of hydrogen-bond donors (Lipinski definition) is 4. The quantitative estimate of drug-likeness (QED) is 0.459. The number of anilines is 1. The molecule has 4 rings (SSSR count). The Morgan fingerprint density at radius 2 is 2.08 bits per heavy atom. The van der Waals surface area contributed by atoms with Crippen molar-refractivity contribution in [1.29, 1.82) is 0 Å². The van der Waals surface area contributed by atoms with Crippen LogP contribution in [0.2, 0.25) is 0 Å². The number of ether oxygens (including phenoxy) is 1. The average molecular weight is 442 g/mol. The Balaban J connectivity index is 1.61. The molecule has 0 amide bonds. The van der Waals surface area contributed by atoms with Gasteiger partial charge in [-0.05, 0) is 28.1 Å². The monoisotopic (exact) mass is 441 g/mol. The van der Waals surface area contributed by atoms with Crippen molar-refractivity contribution >= 4 is 44.2 Å². The third-order valence-electron chi connectivity index (χ3n) is 4.21. The van der Waals surface area contributed by atoms with Gasteiger partial charge >= 0.3 is 0 Å². The summed E-state index contributed by atoms with van der Waals surface area (Å²) in [6.45, 7) is 0.197. The number of imidazole rings is 1. The first-order chi connectivity index (χ1) is 12.6. The first-order valence-electron chi connectivity index (χ1n) is 7.86. The van der Waals surface area contributed by atoms with Gasteiger partial charge in [-0.1, -0.05) is 0 Å². The molecule has 1 fully saturated rings. The molecular formula is C15H16BrN5O4S. The van der Waals surface area contributed by atoms with Gasteiger partial charge in [-0.25, -0.2) is 15.0 Å². The van der Waals surface area contributed by atoms with E-state index in [0.717, 1.165) is 8.66 Å². The van der Waals surface area contributed by atoms with Crippen molar-refractivity contribution in [3.05, 3.63) is 33.5 Å². The Bertz CT molecular complexity index is 918. The summed E-state index contributed by atoms with van der Waals surface area (Å²) in [5, 5.41) is 32.6. The van der Waals surface area contributed by atoms with E-state index >= 15 is 0 Å². The topological polar surface area (TPSA) is 126 Å². The second-order valence-electron chi connectivity index (χ2n) is 5.83. The van der Waals surface area contributed by atoms with Crippen molar-refractivity contribution in [2.75, 3.05) is 11.9 Å². The van der Waals surface area contributed by atoms with Gasteiger partial charge in [0.1, 0.15) is 24.6 Å². The van der Waals surface area contributed by atoms with E-state index in [1.165, 1.54) is 17.2 Å². The van der Waals surface area contributed by atoms with Gasteiger partial charge in [0.05, 0.1) is 23.3 Å². The molecule has 4 N–H and O–H groups in total. The predicted octanol–water partition coefficient (Wildman–Crippen LogP) is 0.874. The number of nitrogens with zero attached hydrogens (tertiary/aromatic N) is 4. The summed E-state index contributed by atoms with van der Waals surface area (Å²) >= 11 is 5.06. The zero-order valence-corrected chi connectivity index (χ0v) is 15.8. The third kappa shape index (κ3) is 3.10. The molecule has 0 aliphatic carbocycles. The van der Waals surface area contributed by atoms with Crippen LogP contribution in [0.3, 0.4) is 0 Å². The first kappa shape index (κ1) is 17.8. The lowest BCUT2D eigenvalue weighted by Gasteiger charge is -2.16. The molecule has 9 nitrogen and oxygen atoms in total. The number of nitrogens with one attached hydrogen (secondary N) is 1. The molecule has 0 bridgehead atoms. The maximum absolute atomic E-state index is 10.2. The number of aliphatic hydroxyl groups is 3. The average Bonchev–Trinajstić information content (AvgIpc) is 3.32. The van der Waals surface area contributed by atoms with Gasteiger partial charge in [0.2, 0.25) is 0 Å². The van der Waals surface area contributed by atoms with Gasteiger partial charge in [0.15, 0.2) is 23.2 Å². The maximum Gasteiger partial charge on any atom is 0.167 e. The smallest absolute Gasteiger partial charge is 0.167 e. The van der Waals surface area contributed by atoms with Crippen LogP contribution in [0.4, 0.5) is 5.82 Å². The van der Waals surface area contributed by atoms with Crippen molar-refractivity contribution in [1.82, 2.24) is 19.5 Å². The molecule has 4 heterocycles. The van der Waals surface area contributed by atoms with E-state index in [0.29, 0.717) is 23.5 Å². The summed E-state index contributed by atoms with van der Waals surface area (Å²) in [4.78, 5) is 13.9. The second-order valence-corrected chi connectivity index (χ2v) is 8.38. The minimum absolute atomic E-state index is 0.389. The molecule has 11 heteroatoms. The van der Waals surface area contributed by atoms with E-state index in [1.54, 1.807) is 11.3 Å². The second kappa shape index (κ2) is 7.18. The fourth-order valence-electron chi connectivity index (χ4n) is 2.89. The van der Waals surface area contributed by atoms with E-state index < -0.39 is 24.5 Å². The molecule has 138 valence electrons. The van der Waals surface area contributed by atoms with E-state index in [9.17, 15) is 15.3 Å². The number of fused-ring (bicyclic) bond motifs is 1. The number of halogens is 1. The molecule has 4 atom stereocenters. The van der Waals surface area contributed by atoms with E-state index in [-0.39, 0.29) is 6.61 Å². The number of aromatic nitrogens is 4. The van der Waals surface area contributed by atoms with Gasteiger partial charge in [0.25, 0.3) is 0 Å². The van der Waals surface area contributed by atoms with Gasteiger partial charge in [0, 0.05) is 4.88 Å². The fourth-order valence-corrected chi connectivity index (χ4v) is 4.32. The van der Waals surface area contributed by atoms with Crippen molar-refractivity contribution in [3.8, 4) is 0 Å². The van der Waals surface area contributed by atoms with Crippen molar-refractivity contribution in [2.24, 2.45) is 0 Å². The van der Waals surface area contributed by atoms with Crippen LogP contribution in [-0.4, -0.2) is 59.8 Å². The predicted molar refractivity (Wildman–Crippen MR) is 97.7 cm³/mol. The molecule has 0 saturated carbocycles. The summed E-state index contributed by atoms with van der Waals surface area (Å²) in [6, 6.07) is 3.99. The lowest BCUT2D eigenvalue weighted by atomic mass is 10.1. The highest BCUT2D eigenvalue weighted by Gasteiger charge is 2.44. The number of hydrogen-bond acceptors (Lipinski definition) is 9. The summed E-state index contributed by atoms with van der Waals surface area (Å²) in [7, 11) is 0. The van der Waals surface area contributed by atoms with Crippen LogP contribution < -0.4 is 5.32 Å². The SMILES string of the molecule is OC[C@H]1O[C@@H](n2cnc3c(NCc4ccc(Br)s4)ncnc32)C(O)C1O. The maximum atomic E-state index is 10.2. The van der Waals surface area contributed by atoms with Crippen LogP contribution in [0.15, 0.2) is 28.6 Å². The highest BCUT2D eigenvalue weighted by Crippen LogP contribution is 2.32. The van der Waals surface area contributed by atoms with E-state index in [1.807, 2.05) is 12.1 Å². The largest absolute Gasteiger partial charge is 0.394 e. The van der Waals surface area contributed by atoms with E-state index in [4.69, 9.17) is 4.74 Å². The zero-order chi connectivity index (χ0) is 18.3. The molecule has 0 spiro atoms. The third-order valence-corrected chi connectivity index (χ3v) is 5.83. The molecule has 1 saturated heterocycles. The normalized spacial score (nSPS) is 25.8. The van der Waals surface area contributed by atoms with Gasteiger partial charge in [-0.2, -0.15) is 0 Å². The molecule has 0 radical (unpaired) electrons. The van der Waals surface area contributed by atoms with Crippen LogP contribution in [0, 0.1) is 0 Å². The Hall–Kier alpha value is -1.63. The summed E-state index contributed by atoms with van der Waals surface area (Å²) in [5.41, 5.74) is 0.991. The molecule has 2 unspecified atom stereocenters. The van der Waals surface area contributed by atoms with Crippen molar-refractivity contribution < 1.29 is 20.1 Å². The van der Waals surface area contributed by atoms with Crippen LogP contribution in [0.25, 0.3) is 11.2 Å². The van der Waals surface area contributed by atoms with Crippen molar-refractivity contribution in [2.45, 2.75) is 31.1 Å². The lowest BCUT2D eigenvalue weighted by molar-refractivity contribution is -0.0511. The number of aliphatic hydroxyl groups excluding tert-OH is 3. The Kier molecular flexibility index (Phi) is 4.90. The van der Waals surface area contributed by atoms with Crippen LogP contribution >= 0.6 is 27.3 Å². The molecular weight excluding hydrogens is 426 g/mol. The molecule has 3 aromatic heterocycles. The van der Waals surface area contributed by atoms with Crippen LogP contribution in [0.5, 0.6) is 0 Å². The molecule has 1 aliphatic heterocycles. The first-order valence-corrected chi connectivity index (χ1v) is 9.47. The number of thiophene rings is 1. The number of rotatable bonds is 5. The highest BCUT2D eigenvalue weighted by molar-refractivity contribution is 9.11. The van der Waals surface area contributed by atoms with Gasteiger partial charge in [-0.15, -0.1) is 11.3 Å². The summed E-state index contributed by atoms with van der Waals surface area (Å²) in [6.07, 6.45) is -1.24. The Labute approximate surface area is 160 Å². The minimum atomic E-state index is -1.20. The van der Waals surface area contributed by atoms with Crippen LogP contribution in [0.1, 0.15) is 11.1 Å². The fraction of sp³-hybridized carbons (Fsp3) is 0.400. The summed E-state index contributed by atoms with van der Waals surface area (Å²) < 4.78 is 8.13. The lowest BCUT2D eigenvalue weighted by Crippen LogP contribution is -2.33. The summed E-state index contributed by atoms with van der Waals surface area (Å²) in [5.74, 6) is 0.560. The van der Waals surface area contributed by atoms with Crippen LogP contribution in [-0.2, 0) is 11.3 Å². The zero-order valence-electron chi connectivity index (χ0n) is 13.4. The van der Waals surface area contributed by atoms with E-state index in [2.05, 4.69) is 36.2 Å². The molecule has 26 heavy (non-hydrogen) atoms. The Morgan fingerprint density at radius 3 is 2.77 bits per heavy atom. The molecule has 1 aliphatic rings. The molecule has 0 aromatic carbocycles. The van der Waals surface area contributed by atoms with Crippen molar-refractivity contribution in [3.63, 3.8) is 0 Å². The minimum Gasteiger partial charge on any atom is -0.394 e. The van der Waals surface area contributed by atoms with Gasteiger partial charge < -0.3 is 25.4 Å². The molecule has 3 aromatic rings.